The maximum absolute atomic E-state index is 12.7. The molecule has 0 aromatic carbocycles. The third kappa shape index (κ3) is 5.18. The lowest BCUT2D eigenvalue weighted by molar-refractivity contribution is -0.158. The summed E-state index contributed by atoms with van der Waals surface area (Å²) < 4.78 is 10.8. The molecule has 0 spiro atoms. The summed E-state index contributed by atoms with van der Waals surface area (Å²) in [5.41, 5.74) is -0.138. The third-order valence-electron chi connectivity index (χ3n) is 4.35. The number of carbonyl (C=O) groups is 2. The van der Waals surface area contributed by atoms with Gasteiger partial charge in [0.15, 0.2) is 0 Å². The van der Waals surface area contributed by atoms with E-state index < -0.39 is 11.0 Å². The molecule has 2 heterocycles. The summed E-state index contributed by atoms with van der Waals surface area (Å²) in [5, 5.41) is 0. The molecule has 1 amide bonds. The number of hydrogen-bond donors (Lipinski definition) is 0. The lowest BCUT2D eigenvalue weighted by atomic mass is 9.74. The van der Waals surface area contributed by atoms with Crippen LogP contribution in [-0.2, 0) is 20.7 Å². The predicted octanol–water partition coefficient (Wildman–Crippen LogP) is 3.20. The standard InChI is InChI=1S/C19H28N2O4/c1-5-24-16(22)19(13-15-7-6-10-20-14-15)8-11-21(12-9-19)17(23)25-18(2,3)4/h6-7,10,14H,5,8-9,11-13H2,1-4H3. The highest BCUT2D eigenvalue weighted by Crippen LogP contribution is 2.37. The van der Waals surface area contributed by atoms with Gasteiger partial charge in [0.05, 0.1) is 12.0 Å². The van der Waals surface area contributed by atoms with Crippen molar-refractivity contribution in [3.05, 3.63) is 30.1 Å². The minimum Gasteiger partial charge on any atom is -0.466 e. The van der Waals surface area contributed by atoms with Crippen LogP contribution in [-0.4, -0.2) is 47.2 Å². The molecule has 2 rings (SSSR count). The first-order chi connectivity index (χ1) is 11.8. The Morgan fingerprint density at radius 3 is 2.48 bits per heavy atom. The van der Waals surface area contributed by atoms with E-state index in [1.165, 1.54) is 0 Å². The van der Waals surface area contributed by atoms with Crippen molar-refractivity contribution in [3.63, 3.8) is 0 Å². The van der Waals surface area contributed by atoms with Gasteiger partial charge in [-0.15, -0.1) is 0 Å². The van der Waals surface area contributed by atoms with Crippen molar-refractivity contribution in [2.24, 2.45) is 5.41 Å². The van der Waals surface area contributed by atoms with Crippen LogP contribution in [0.4, 0.5) is 4.79 Å². The van der Waals surface area contributed by atoms with Crippen LogP contribution in [0.1, 0.15) is 46.1 Å². The average Bonchev–Trinajstić information content (AvgIpc) is 2.55. The number of carbonyl (C=O) groups excluding carboxylic acids is 2. The summed E-state index contributed by atoms with van der Waals surface area (Å²) in [6, 6.07) is 3.83. The van der Waals surface area contributed by atoms with Gasteiger partial charge in [-0.1, -0.05) is 6.07 Å². The minimum absolute atomic E-state index is 0.192. The Balaban J connectivity index is 2.09. The third-order valence-corrected chi connectivity index (χ3v) is 4.35. The van der Waals surface area contributed by atoms with Gasteiger partial charge in [-0.05, 0) is 58.6 Å². The SMILES string of the molecule is CCOC(=O)C1(Cc2cccnc2)CCN(C(=O)OC(C)(C)C)CC1. The van der Waals surface area contributed by atoms with Gasteiger partial charge in [-0.2, -0.15) is 0 Å². The Bertz CT molecular complexity index is 587. The van der Waals surface area contributed by atoms with Crippen LogP contribution in [0.5, 0.6) is 0 Å². The van der Waals surface area contributed by atoms with Crippen molar-refractivity contribution >= 4 is 12.1 Å². The molecule has 1 fully saturated rings. The lowest BCUT2D eigenvalue weighted by Gasteiger charge is -2.40. The number of hydrogen-bond acceptors (Lipinski definition) is 5. The summed E-state index contributed by atoms with van der Waals surface area (Å²) >= 11 is 0. The average molecular weight is 348 g/mol. The summed E-state index contributed by atoms with van der Waals surface area (Å²) in [7, 11) is 0. The quantitative estimate of drug-likeness (QED) is 0.782. The number of likely N-dealkylation sites (tertiary alicyclic amines) is 1. The Morgan fingerprint density at radius 1 is 1.28 bits per heavy atom. The van der Waals surface area contributed by atoms with Gasteiger partial charge >= 0.3 is 12.1 Å². The highest BCUT2D eigenvalue weighted by Gasteiger charge is 2.44. The first-order valence-electron chi connectivity index (χ1n) is 8.80. The molecule has 6 nitrogen and oxygen atoms in total. The van der Waals surface area contributed by atoms with Gasteiger partial charge in [-0.25, -0.2) is 4.79 Å². The fourth-order valence-corrected chi connectivity index (χ4v) is 3.07. The molecule has 1 aromatic rings. The van der Waals surface area contributed by atoms with Gasteiger partial charge in [0, 0.05) is 25.5 Å². The van der Waals surface area contributed by atoms with Gasteiger partial charge in [0.1, 0.15) is 5.60 Å². The monoisotopic (exact) mass is 348 g/mol. The van der Waals surface area contributed by atoms with E-state index in [2.05, 4.69) is 4.98 Å². The number of amides is 1. The number of nitrogens with zero attached hydrogens (tertiary/aromatic N) is 2. The van der Waals surface area contributed by atoms with Crippen LogP contribution in [0.3, 0.4) is 0 Å². The van der Waals surface area contributed by atoms with Crippen LogP contribution in [0.25, 0.3) is 0 Å². The zero-order valence-electron chi connectivity index (χ0n) is 15.6. The summed E-state index contributed by atoms with van der Waals surface area (Å²) in [6.45, 7) is 8.66. The van der Waals surface area contributed by atoms with E-state index in [1.807, 2.05) is 39.8 Å². The fourth-order valence-electron chi connectivity index (χ4n) is 3.07. The van der Waals surface area contributed by atoms with Gasteiger partial charge in [-0.3, -0.25) is 9.78 Å². The van der Waals surface area contributed by atoms with Gasteiger partial charge in [0.25, 0.3) is 0 Å². The normalized spacial score (nSPS) is 17.0. The highest BCUT2D eigenvalue weighted by molar-refractivity contribution is 5.78. The largest absolute Gasteiger partial charge is 0.466 e. The first kappa shape index (κ1) is 19.2. The maximum atomic E-state index is 12.7. The molecule has 0 bridgehead atoms. The van der Waals surface area contributed by atoms with Gasteiger partial charge < -0.3 is 14.4 Å². The van der Waals surface area contributed by atoms with Crippen LogP contribution in [0.2, 0.25) is 0 Å². The molecule has 0 saturated carbocycles. The molecule has 0 N–H and O–H groups in total. The predicted molar refractivity (Wildman–Crippen MR) is 94.0 cm³/mol. The molecule has 1 aliphatic heterocycles. The second-order valence-corrected chi connectivity index (χ2v) is 7.51. The molecule has 1 saturated heterocycles. The van der Waals surface area contributed by atoms with E-state index in [4.69, 9.17) is 9.47 Å². The number of esters is 1. The van der Waals surface area contributed by atoms with Crippen LogP contribution >= 0.6 is 0 Å². The summed E-state index contributed by atoms with van der Waals surface area (Å²) in [5.74, 6) is -0.192. The number of piperidine rings is 1. The van der Waals surface area contributed by atoms with Crippen molar-refractivity contribution in [3.8, 4) is 0 Å². The number of pyridine rings is 1. The number of rotatable bonds is 4. The molecular formula is C19H28N2O4. The van der Waals surface area contributed by atoms with Gasteiger partial charge in [0.2, 0.25) is 0 Å². The van der Waals surface area contributed by atoms with E-state index in [0.29, 0.717) is 39.0 Å². The second-order valence-electron chi connectivity index (χ2n) is 7.51. The Labute approximate surface area is 149 Å². The molecule has 1 aromatic heterocycles. The van der Waals surface area contributed by atoms with E-state index in [9.17, 15) is 9.59 Å². The topological polar surface area (TPSA) is 68.7 Å². The summed E-state index contributed by atoms with van der Waals surface area (Å²) in [4.78, 5) is 30.7. The molecule has 1 aliphatic rings. The fraction of sp³-hybridized carbons (Fsp3) is 0.632. The Hall–Kier alpha value is -2.11. The molecule has 0 aliphatic carbocycles. The number of ether oxygens (including phenoxy) is 2. The van der Waals surface area contributed by atoms with Crippen LogP contribution in [0, 0.1) is 5.41 Å². The molecule has 0 unspecified atom stereocenters. The van der Waals surface area contributed by atoms with Crippen molar-refractivity contribution in [2.75, 3.05) is 19.7 Å². The van der Waals surface area contributed by atoms with Crippen molar-refractivity contribution in [1.29, 1.82) is 0 Å². The molecule has 0 radical (unpaired) electrons. The van der Waals surface area contributed by atoms with Crippen molar-refractivity contribution < 1.29 is 19.1 Å². The second kappa shape index (κ2) is 7.85. The maximum Gasteiger partial charge on any atom is 0.410 e. The zero-order valence-corrected chi connectivity index (χ0v) is 15.6. The molecule has 0 atom stereocenters. The zero-order chi connectivity index (χ0) is 18.5. The van der Waals surface area contributed by atoms with E-state index >= 15 is 0 Å². The minimum atomic E-state index is -0.614. The van der Waals surface area contributed by atoms with E-state index in [0.717, 1.165) is 5.56 Å². The lowest BCUT2D eigenvalue weighted by Crippen LogP contribution is -2.49. The Morgan fingerprint density at radius 2 is 1.96 bits per heavy atom. The first-order valence-corrected chi connectivity index (χ1v) is 8.80. The summed E-state index contributed by atoms with van der Waals surface area (Å²) in [6.07, 6.45) is 4.85. The Kier molecular flexibility index (Phi) is 6.03. The van der Waals surface area contributed by atoms with Crippen molar-refractivity contribution in [1.82, 2.24) is 9.88 Å². The highest BCUT2D eigenvalue weighted by atomic mass is 16.6. The molecule has 138 valence electrons. The number of aromatic nitrogens is 1. The van der Waals surface area contributed by atoms with E-state index in [-0.39, 0.29) is 12.1 Å². The molecular weight excluding hydrogens is 320 g/mol. The van der Waals surface area contributed by atoms with Crippen molar-refractivity contribution in [2.45, 2.75) is 52.6 Å². The molecule has 6 heteroatoms. The van der Waals surface area contributed by atoms with Crippen LogP contribution < -0.4 is 0 Å². The van der Waals surface area contributed by atoms with Crippen LogP contribution in [0.15, 0.2) is 24.5 Å². The molecule has 25 heavy (non-hydrogen) atoms. The van der Waals surface area contributed by atoms with E-state index in [1.54, 1.807) is 17.3 Å². The smallest absolute Gasteiger partial charge is 0.410 e.